The zero-order chi connectivity index (χ0) is 17.8. The molecule has 0 bridgehead atoms. The standard InChI is InChI=1S/C19H24N2O3S/c20-11-15-12-7-3-1-2-4-10-16(12)25-18(15)21-17(22)13-8-5-6-9-14(13)19(23)24/h13-14H,1-10H2,(H,21,22)(H,23,24)/t13-,14-/m1/s1. The summed E-state index contributed by atoms with van der Waals surface area (Å²) in [5, 5.41) is 22.5. The second kappa shape index (κ2) is 8.01. The van der Waals surface area contributed by atoms with Crippen LogP contribution in [0.4, 0.5) is 5.00 Å². The Kier molecular flexibility index (Phi) is 5.74. The highest BCUT2D eigenvalue weighted by Crippen LogP contribution is 2.38. The molecule has 2 N–H and O–H groups in total. The minimum absolute atomic E-state index is 0.238. The van der Waals surface area contributed by atoms with Crippen molar-refractivity contribution < 1.29 is 14.7 Å². The van der Waals surface area contributed by atoms with Crippen molar-refractivity contribution in [1.82, 2.24) is 0 Å². The number of aliphatic carboxylic acids is 1. The fraction of sp³-hybridized carbons (Fsp3) is 0.632. The lowest BCUT2D eigenvalue weighted by molar-refractivity contribution is -0.147. The van der Waals surface area contributed by atoms with Crippen LogP contribution in [0.25, 0.3) is 0 Å². The highest BCUT2D eigenvalue weighted by atomic mass is 32.1. The van der Waals surface area contributed by atoms with E-state index in [-0.39, 0.29) is 5.91 Å². The predicted molar refractivity (Wildman–Crippen MR) is 96.6 cm³/mol. The zero-order valence-corrected chi connectivity index (χ0v) is 15.2. The van der Waals surface area contributed by atoms with Crippen LogP contribution in [-0.2, 0) is 22.4 Å². The number of nitriles is 1. The third-order valence-electron chi connectivity index (χ3n) is 5.44. The van der Waals surface area contributed by atoms with Crippen LogP contribution in [0.15, 0.2) is 0 Å². The van der Waals surface area contributed by atoms with Crippen LogP contribution >= 0.6 is 11.3 Å². The second-order valence-electron chi connectivity index (χ2n) is 7.06. The van der Waals surface area contributed by atoms with E-state index < -0.39 is 17.8 Å². The van der Waals surface area contributed by atoms with E-state index in [9.17, 15) is 20.0 Å². The van der Waals surface area contributed by atoms with E-state index in [1.54, 1.807) is 0 Å². The molecule has 0 spiro atoms. The topological polar surface area (TPSA) is 90.2 Å². The first-order chi connectivity index (χ1) is 12.1. The molecule has 1 amide bonds. The van der Waals surface area contributed by atoms with Gasteiger partial charge in [0.25, 0.3) is 0 Å². The molecule has 1 heterocycles. The number of aryl methyl sites for hydroxylation is 1. The molecule has 5 nitrogen and oxygen atoms in total. The van der Waals surface area contributed by atoms with Gasteiger partial charge in [-0.3, -0.25) is 9.59 Å². The van der Waals surface area contributed by atoms with E-state index in [4.69, 9.17) is 0 Å². The number of thiophene rings is 1. The molecule has 0 radical (unpaired) electrons. The molecule has 2 aliphatic rings. The molecule has 3 rings (SSSR count). The Hall–Kier alpha value is -1.87. The summed E-state index contributed by atoms with van der Waals surface area (Å²) in [6.07, 6.45) is 9.36. The molecule has 6 heteroatoms. The van der Waals surface area contributed by atoms with Crippen molar-refractivity contribution in [2.24, 2.45) is 11.8 Å². The van der Waals surface area contributed by atoms with Crippen LogP contribution in [0.5, 0.6) is 0 Å². The summed E-state index contributed by atoms with van der Waals surface area (Å²) in [7, 11) is 0. The molecule has 2 atom stereocenters. The number of hydrogen-bond acceptors (Lipinski definition) is 4. The average Bonchev–Trinajstić information content (AvgIpc) is 2.90. The Labute approximate surface area is 152 Å². The van der Waals surface area contributed by atoms with Crippen LogP contribution in [0.3, 0.4) is 0 Å². The molecular formula is C19H24N2O3S. The lowest BCUT2D eigenvalue weighted by Crippen LogP contribution is -2.36. The molecule has 2 aliphatic carbocycles. The van der Waals surface area contributed by atoms with E-state index in [0.717, 1.165) is 44.1 Å². The number of nitrogens with zero attached hydrogens (tertiary/aromatic N) is 1. The van der Waals surface area contributed by atoms with E-state index in [0.29, 0.717) is 23.4 Å². The molecule has 1 fully saturated rings. The van der Waals surface area contributed by atoms with Gasteiger partial charge >= 0.3 is 5.97 Å². The van der Waals surface area contributed by atoms with Gasteiger partial charge < -0.3 is 10.4 Å². The van der Waals surface area contributed by atoms with Crippen molar-refractivity contribution in [3.8, 4) is 6.07 Å². The van der Waals surface area contributed by atoms with Crippen molar-refractivity contribution in [2.45, 2.75) is 64.2 Å². The molecule has 25 heavy (non-hydrogen) atoms. The van der Waals surface area contributed by atoms with Crippen LogP contribution in [-0.4, -0.2) is 17.0 Å². The van der Waals surface area contributed by atoms with E-state index in [1.807, 2.05) is 0 Å². The van der Waals surface area contributed by atoms with E-state index in [2.05, 4.69) is 11.4 Å². The molecule has 1 saturated carbocycles. The third-order valence-corrected chi connectivity index (χ3v) is 6.65. The molecule has 0 aromatic carbocycles. The summed E-state index contributed by atoms with van der Waals surface area (Å²) in [4.78, 5) is 25.4. The van der Waals surface area contributed by atoms with Crippen molar-refractivity contribution in [1.29, 1.82) is 5.26 Å². The minimum Gasteiger partial charge on any atom is -0.481 e. The van der Waals surface area contributed by atoms with Crippen LogP contribution in [0.2, 0.25) is 0 Å². The Morgan fingerprint density at radius 1 is 1.04 bits per heavy atom. The van der Waals surface area contributed by atoms with Gasteiger partial charge in [0.05, 0.1) is 17.4 Å². The predicted octanol–water partition coefficient (Wildman–Crippen LogP) is 4.11. The highest BCUT2D eigenvalue weighted by molar-refractivity contribution is 7.16. The normalized spacial score (nSPS) is 23.6. The van der Waals surface area contributed by atoms with E-state index in [1.165, 1.54) is 29.1 Å². The molecule has 134 valence electrons. The maximum Gasteiger partial charge on any atom is 0.307 e. The lowest BCUT2D eigenvalue weighted by Gasteiger charge is -2.27. The van der Waals surface area contributed by atoms with Crippen molar-refractivity contribution >= 4 is 28.2 Å². The number of rotatable bonds is 3. The number of nitrogens with one attached hydrogen (secondary N) is 1. The maximum atomic E-state index is 12.7. The summed E-state index contributed by atoms with van der Waals surface area (Å²) in [5.74, 6) is -2.24. The minimum atomic E-state index is -0.890. The summed E-state index contributed by atoms with van der Waals surface area (Å²) in [6, 6.07) is 2.27. The first-order valence-electron chi connectivity index (χ1n) is 9.20. The average molecular weight is 360 g/mol. The Balaban J connectivity index is 1.82. The number of carbonyl (C=O) groups excluding carboxylic acids is 1. The van der Waals surface area contributed by atoms with Gasteiger partial charge in [-0.1, -0.05) is 25.7 Å². The second-order valence-corrected chi connectivity index (χ2v) is 8.16. The summed E-state index contributed by atoms with van der Waals surface area (Å²) in [6.45, 7) is 0. The Morgan fingerprint density at radius 3 is 2.40 bits per heavy atom. The number of amides is 1. The van der Waals surface area contributed by atoms with E-state index >= 15 is 0 Å². The van der Waals surface area contributed by atoms with Crippen LogP contribution in [0.1, 0.15) is 67.4 Å². The molecular weight excluding hydrogens is 336 g/mol. The van der Waals surface area contributed by atoms with Gasteiger partial charge in [-0.05, 0) is 44.1 Å². The number of anilines is 1. The number of carbonyl (C=O) groups is 2. The number of carboxylic acid groups (broad SMARTS) is 1. The Bertz CT molecular complexity index is 704. The van der Waals surface area contributed by atoms with Gasteiger partial charge in [-0.15, -0.1) is 11.3 Å². The molecule has 0 unspecified atom stereocenters. The van der Waals surface area contributed by atoms with Gasteiger partial charge in [0.15, 0.2) is 0 Å². The quantitative estimate of drug-likeness (QED) is 0.849. The van der Waals surface area contributed by atoms with Gasteiger partial charge in [-0.25, -0.2) is 0 Å². The molecule has 0 saturated heterocycles. The first kappa shape index (κ1) is 17.9. The lowest BCUT2D eigenvalue weighted by atomic mass is 9.79. The van der Waals surface area contributed by atoms with Gasteiger partial charge in [0, 0.05) is 4.88 Å². The Morgan fingerprint density at radius 2 is 1.72 bits per heavy atom. The fourth-order valence-electron chi connectivity index (χ4n) is 4.07. The summed E-state index contributed by atoms with van der Waals surface area (Å²) < 4.78 is 0. The van der Waals surface area contributed by atoms with Crippen LogP contribution in [0, 0.1) is 23.2 Å². The fourth-order valence-corrected chi connectivity index (χ4v) is 5.31. The van der Waals surface area contributed by atoms with Crippen molar-refractivity contribution in [2.75, 3.05) is 5.32 Å². The first-order valence-corrected chi connectivity index (χ1v) is 10.0. The summed E-state index contributed by atoms with van der Waals surface area (Å²) in [5.41, 5.74) is 1.69. The molecule has 1 aromatic rings. The summed E-state index contributed by atoms with van der Waals surface area (Å²) >= 11 is 1.51. The van der Waals surface area contributed by atoms with Crippen molar-refractivity contribution in [3.63, 3.8) is 0 Å². The smallest absolute Gasteiger partial charge is 0.307 e. The number of carboxylic acids is 1. The number of fused-ring (bicyclic) bond motifs is 1. The third kappa shape index (κ3) is 3.87. The largest absolute Gasteiger partial charge is 0.481 e. The van der Waals surface area contributed by atoms with Crippen LogP contribution < -0.4 is 5.32 Å². The molecule has 0 aliphatic heterocycles. The maximum absolute atomic E-state index is 12.7. The SMILES string of the molecule is N#Cc1c(NC(=O)[C@@H]2CCCC[C@H]2C(=O)O)sc2c1CCCCCC2. The number of hydrogen-bond donors (Lipinski definition) is 2. The molecule has 1 aromatic heterocycles. The monoisotopic (exact) mass is 360 g/mol. The van der Waals surface area contributed by atoms with Gasteiger partial charge in [-0.2, -0.15) is 5.26 Å². The van der Waals surface area contributed by atoms with Crippen molar-refractivity contribution in [3.05, 3.63) is 16.0 Å². The highest BCUT2D eigenvalue weighted by Gasteiger charge is 2.36. The van der Waals surface area contributed by atoms with Gasteiger partial charge in [0.2, 0.25) is 5.91 Å². The van der Waals surface area contributed by atoms with Gasteiger partial charge in [0.1, 0.15) is 11.1 Å². The zero-order valence-electron chi connectivity index (χ0n) is 14.3.